The molecular weight excluding hydrogens is 384 g/mol. The summed E-state index contributed by atoms with van der Waals surface area (Å²) in [5.41, 5.74) is 0.0644. The molecule has 10 nitrogen and oxygen atoms in total. The van der Waals surface area contributed by atoms with Gasteiger partial charge < -0.3 is 4.57 Å². The quantitative estimate of drug-likeness (QED) is 0.594. The van der Waals surface area contributed by atoms with Gasteiger partial charge in [-0.15, -0.1) is 0 Å². The highest BCUT2D eigenvalue weighted by atomic mass is 32.2. The van der Waals surface area contributed by atoms with E-state index in [1.54, 1.807) is 42.2 Å². The Balaban J connectivity index is 1.96. The normalized spacial score (nSPS) is 13.0. The van der Waals surface area contributed by atoms with E-state index in [2.05, 4.69) is 10.1 Å². The van der Waals surface area contributed by atoms with Crippen molar-refractivity contribution in [3.8, 4) is 5.69 Å². The molecule has 3 aromatic rings. The molecule has 0 amide bonds. The van der Waals surface area contributed by atoms with E-state index in [1.807, 2.05) is 0 Å². The lowest BCUT2D eigenvalue weighted by Crippen LogP contribution is -2.42. The molecule has 0 saturated heterocycles. The Kier molecular flexibility index (Phi) is 5.04. The van der Waals surface area contributed by atoms with Gasteiger partial charge in [0.05, 0.1) is 5.69 Å². The van der Waals surface area contributed by atoms with Crippen molar-refractivity contribution >= 4 is 10.0 Å². The Morgan fingerprint density at radius 3 is 2.32 bits per heavy atom. The topological polar surface area (TPSA) is 112 Å². The van der Waals surface area contributed by atoms with Gasteiger partial charge in [-0.05, 0) is 24.6 Å². The third-order valence-electron chi connectivity index (χ3n) is 4.68. The smallest absolute Gasteiger partial charge is 0.302 e. The van der Waals surface area contributed by atoms with Crippen molar-refractivity contribution in [1.82, 2.24) is 28.2 Å². The van der Waals surface area contributed by atoms with Gasteiger partial charge in [-0.1, -0.05) is 12.1 Å². The number of sulfonamides is 1. The maximum Gasteiger partial charge on any atom is 0.330 e. The molecule has 1 aromatic carbocycles. The van der Waals surface area contributed by atoms with Gasteiger partial charge in [0.1, 0.15) is 12.7 Å². The fourth-order valence-electron chi connectivity index (χ4n) is 2.77. The van der Waals surface area contributed by atoms with Crippen molar-refractivity contribution in [2.24, 2.45) is 14.1 Å². The van der Waals surface area contributed by atoms with E-state index < -0.39 is 32.2 Å². The number of aryl methyl sites for hydroxylation is 1. The average Bonchev–Trinajstić information content (AvgIpc) is 3.22. The van der Waals surface area contributed by atoms with Crippen LogP contribution < -0.4 is 11.2 Å². The molecule has 0 radical (unpaired) electrons. The lowest BCUT2D eigenvalue weighted by atomic mass is 10.1. The predicted molar refractivity (Wildman–Crippen MR) is 102 cm³/mol. The van der Waals surface area contributed by atoms with Crippen LogP contribution in [0.1, 0.15) is 18.5 Å². The highest BCUT2D eigenvalue weighted by Crippen LogP contribution is 2.25. The fraction of sp³-hybridized carbons (Fsp3) is 0.294. The van der Waals surface area contributed by atoms with Gasteiger partial charge in [0, 0.05) is 33.4 Å². The number of benzene rings is 1. The Morgan fingerprint density at radius 1 is 1.11 bits per heavy atom. The van der Waals surface area contributed by atoms with E-state index in [1.165, 1.54) is 27.5 Å². The molecule has 11 heteroatoms. The molecule has 0 aliphatic rings. The molecule has 0 bridgehead atoms. The summed E-state index contributed by atoms with van der Waals surface area (Å²) in [6.07, 6.45) is 4.03. The summed E-state index contributed by atoms with van der Waals surface area (Å²) in [4.78, 5) is 27.6. The standard InChI is InChI=1S/C17H20N6O4S/c1-12(13-5-7-14(8-6-13)23-11-18-10-19-23)22(4)28(26,27)15-9-20(2)17(25)21(3)16(15)24/h5-12H,1-4H3. The summed E-state index contributed by atoms with van der Waals surface area (Å²) in [5.74, 6) is 0. The highest BCUT2D eigenvalue weighted by Gasteiger charge is 2.30. The first kappa shape index (κ1) is 19.7. The van der Waals surface area contributed by atoms with E-state index >= 15 is 0 Å². The van der Waals surface area contributed by atoms with E-state index in [0.29, 0.717) is 0 Å². The zero-order chi connectivity index (χ0) is 20.6. The molecule has 1 unspecified atom stereocenters. The molecule has 28 heavy (non-hydrogen) atoms. The fourth-order valence-corrected chi connectivity index (χ4v) is 4.27. The monoisotopic (exact) mass is 404 g/mol. The van der Waals surface area contributed by atoms with Crippen LogP contribution in [0.3, 0.4) is 0 Å². The Hall–Kier alpha value is -3.05. The summed E-state index contributed by atoms with van der Waals surface area (Å²) in [7, 11) is -0.0788. The predicted octanol–water partition coefficient (Wildman–Crippen LogP) is 0.0464. The first-order chi connectivity index (χ1) is 13.1. The molecule has 148 valence electrons. The van der Waals surface area contributed by atoms with Crippen molar-refractivity contribution in [3.63, 3.8) is 0 Å². The molecule has 2 aromatic heterocycles. The third-order valence-corrected chi connectivity index (χ3v) is 6.59. The van der Waals surface area contributed by atoms with Crippen molar-refractivity contribution in [3.05, 3.63) is 69.5 Å². The first-order valence-corrected chi connectivity index (χ1v) is 9.78. The van der Waals surface area contributed by atoms with Gasteiger partial charge in [0.25, 0.3) is 5.56 Å². The molecule has 0 spiro atoms. The lowest BCUT2D eigenvalue weighted by molar-refractivity contribution is 0.396. The summed E-state index contributed by atoms with van der Waals surface area (Å²) >= 11 is 0. The second-order valence-electron chi connectivity index (χ2n) is 6.38. The molecule has 0 saturated carbocycles. The molecule has 0 aliphatic heterocycles. The molecule has 3 rings (SSSR count). The highest BCUT2D eigenvalue weighted by molar-refractivity contribution is 7.89. The maximum atomic E-state index is 13.0. The van der Waals surface area contributed by atoms with Gasteiger partial charge in [0.15, 0.2) is 4.90 Å². The zero-order valence-corrected chi connectivity index (χ0v) is 16.7. The summed E-state index contributed by atoms with van der Waals surface area (Å²) in [6.45, 7) is 1.72. The minimum atomic E-state index is -4.12. The van der Waals surface area contributed by atoms with Crippen LogP contribution in [0.2, 0.25) is 0 Å². The van der Waals surface area contributed by atoms with Gasteiger partial charge in [-0.2, -0.15) is 9.40 Å². The SMILES string of the molecule is CC(c1ccc(-n2cncn2)cc1)N(C)S(=O)(=O)c1cn(C)c(=O)n(C)c1=O. The van der Waals surface area contributed by atoms with Crippen LogP contribution in [0.5, 0.6) is 0 Å². The number of hydrogen-bond donors (Lipinski definition) is 0. The lowest BCUT2D eigenvalue weighted by Gasteiger charge is -2.24. The second-order valence-corrected chi connectivity index (χ2v) is 8.35. The third kappa shape index (κ3) is 3.29. The summed E-state index contributed by atoms with van der Waals surface area (Å²) in [6, 6.07) is 6.62. The second kappa shape index (κ2) is 7.17. The van der Waals surface area contributed by atoms with Crippen LogP contribution in [0.4, 0.5) is 0 Å². The number of nitrogens with zero attached hydrogens (tertiary/aromatic N) is 6. The van der Waals surface area contributed by atoms with Crippen LogP contribution in [-0.2, 0) is 24.1 Å². The minimum Gasteiger partial charge on any atom is -0.302 e. The average molecular weight is 404 g/mol. The summed E-state index contributed by atoms with van der Waals surface area (Å²) < 4.78 is 30.6. The Labute approximate surface area is 161 Å². The largest absolute Gasteiger partial charge is 0.330 e. The van der Waals surface area contributed by atoms with Crippen molar-refractivity contribution in [2.45, 2.75) is 17.9 Å². The van der Waals surface area contributed by atoms with Gasteiger partial charge in [-0.25, -0.2) is 22.9 Å². The van der Waals surface area contributed by atoms with E-state index in [4.69, 9.17) is 0 Å². The number of rotatable bonds is 5. The van der Waals surface area contributed by atoms with Crippen molar-refractivity contribution < 1.29 is 8.42 Å². The van der Waals surface area contributed by atoms with Gasteiger partial charge in [0.2, 0.25) is 10.0 Å². The van der Waals surface area contributed by atoms with Gasteiger partial charge >= 0.3 is 5.69 Å². The molecule has 0 fully saturated rings. The van der Waals surface area contributed by atoms with Crippen LogP contribution in [0.15, 0.2) is 57.6 Å². The molecular formula is C17H20N6O4S. The molecule has 0 N–H and O–H groups in total. The van der Waals surface area contributed by atoms with E-state index in [0.717, 1.165) is 30.9 Å². The van der Waals surface area contributed by atoms with E-state index in [9.17, 15) is 18.0 Å². The Morgan fingerprint density at radius 2 is 1.75 bits per heavy atom. The zero-order valence-electron chi connectivity index (χ0n) is 15.8. The van der Waals surface area contributed by atoms with Crippen molar-refractivity contribution in [2.75, 3.05) is 7.05 Å². The van der Waals surface area contributed by atoms with Crippen molar-refractivity contribution in [1.29, 1.82) is 0 Å². The minimum absolute atomic E-state index is 0.453. The Bertz CT molecular complexity index is 1210. The number of aromatic nitrogens is 5. The molecule has 2 heterocycles. The number of hydrogen-bond acceptors (Lipinski definition) is 6. The van der Waals surface area contributed by atoms with E-state index in [-0.39, 0.29) is 0 Å². The summed E-state index contributed by atoms with van der Waals surface area (Å²) in [5, 5.41) is 4.04. The first-order valence-electron chi connectivity index (χ1n) is 8.34. The van der Waals surface area contributed by atoms with Gasteiger partial charge in [-0.3, -0.25) is 9.36 Å². The van der Waals surface area contributed by atoms with Crippen LogP contribution in [-0.4, -0.2) is 43.7 Å². The molecule has 1 atom stereocenters. The van der Waals surface area contributed by atoms with Crippen LogP contribution >= 0.6 is 0 Å². The van der Waals surface area contributed by atoms with Crippen LogP contribution in [0, 0.1) is 0 Å². The van der Waals surface area contributed by atoms with Crippen LogP contribution in [0.25, 0.3) is 5.69 Å². The maximum absolute atomic E-state index is 13.0. The molecule has 0 aliphatic carbocycles.